The smallest absolute Gasteiger partial charge is 0.273 e. The van der Waals surface area contributed by atoms with Gasteiger partial charge in [-0.15, -0.1) is 0 Å². The van der Waals surface area contributed by atoms with Gasteiger partial charge in [0.15, 0.2) is 0 Å². The highest BCUT2D eigenvalue weighted by atomic mass is 16.1. The lowest BCUT2D eigenvalue weighted by molar-refractivity contribution is 0.413. The summed E-state index contributed by atoms with van der Waals surface area (Å²) < 4.78 is 0. The number of nitrogens with zero attached hydrogens (tertiary/aromatic N) is 2. The predicted octanol–water partition coefficient (Wildman–Crippen LogP) is 3.95. The molecule has 0 saturated carbocycles. The number of fused-ring (bicyclic) bond motifs is 1. The molecule has 0 amide bonds. The van der Waals surface area contributed by atoms with Crippen molar-refractivity contribution in [3.8, 4) is 22.5 Å². The minimum absolute atomic E-state index is 0.236. The maximum atomic E-state index is 12.4. The van der Waals surface area contributed by atoms with E-state index in [0.29, 0.717) is 11.3 Å². The van der Waals surface area contributed by atoms with E-state index in [4.69, 9.17) is 5.73 Å². The molecule has 0 unspecified atom stereocenters. The topological polar surface area (TPSA) is 100 Å². The Kier molecular flexibility index (Phi) is 4.57. The Hall–Kier alpha value is -3.25. The summed E-state index contributed by atoms with van der Waals surface area (Å²) in [7, 11) is 0. The molecule has 3 aromatic heterocycles. The monoisotopic (exact) mass is 373 g/mol. The number of benzene rings is 1. The minimum Gasteiger partial charge on any atom is -0.354 e. The molecule has 0 atom stereocenters. The zero-order chi connectivity index (χ0) is 19.7. The molecular formula is C22H23N5O. The highest BCUT2D eigenvalue weighted by Crippen LogP contribution is 2.30. The zero-order valence-electron chi connectivity index (χ0n) is 16.0. The van der Waals surface area contributed by atoms with E-state index in [-0.39, 0.29) is 11.1 Å². The maximum Gasteiger partial charge on any atom is 0.273 e. The summed E-state index contributed by atoms with van der Waals surface area (Å²) in [5.41, 5.74) is 10.9. The Morgan fingerprint density at radius 3 is 2.50 bits per heavy atom. The Bertz CT molecular complexity index is 1170. The molecule has 3 heterocycles. The third-order valence-electron chi connectivity index (χ3n) is 5.53. The van der Waals surface area contributed by atoms with Crippen molar-refractivity contribution in [2.45, 2.75) is 32.2 Å². The summed E-state index contributed by atoms with van der Waals surface area (Å²) in [5.74, 6) is 0. The summed E-state index contributed by atoms with van der Waals surface area (Å²) in [6.45, 7) is 4.20. The van der Waals surface area contributed by atoms with E-state index in [0.717, 1.165) is 40.6 Å². The van der Waals surface area contributed by atoms with Crippen LogP contribution in [0.15, 0.2) is 59.7 Å². The summed E-state index contributed by atoms with van der Waals surface area (Å²) in [5, 5.41) is 7.80. The first-order valence-electron chi connectivity index (χ1n) is 9.46. The van der Waals surface area contributed by atoms with Crippen molar-refractivity contribution in [1.29, 1.82) is 0 Å². The molecule has 6 heteroatoms. The number of nitrogens with one attached hydrogen (secondary N) is 2. The lowest BCUT2D eigenvalue weighted by Crippen LogP contribution is -2.34. The van der Waals surface area contributed by atoms with Crippen LogP contribution in [0.1, 0.15) is 32.3 Å². The quantitative estimate of drug-likeness (QED) is 0.493. The number of nitrogens with two attached hydrogens (primary N) is 1. The normalized spacial score (nSPS) is 11.8. The van der Waals surface area contributed by atoms with Crippen molar-refractivity contribution >= 4 is 10.9 Å². The lowest BCUT2D eigenvalue weighted by atomic mass is 9.85. The summed E-state index contributed by atoms with van der Waals surface area (Å²) in [4.78, 5) is 19.8. The number of aromatic amines is 2. The second-order valence-electron chi connectivity index (χ2n) is 7.08. The van der Waals surface area contributed by atoms with Gasteiger partial charge in [-0.3, -0.25) is 9.78 Å². The molecular weight excluding hydrogens is 350 g/mol. The number of H-pyrrole nitrogens is 2. The van der Waals surface area contributed by atoms with Gasteiger partial charge >= 0.3 is 0 Å². The average Bonchev–Trinajstić information content (AvgIpc) is 3.17. The molecule has 28 heavy (non-hydrogen) atoms. The van der Waals surface area contributed by atoms with Gasteiger partial charge in [0.2, 0.25) is 0 Å². The second-order valence-corrected chi connectivity index (χ2v) is 7.08. The molecule has 6 nitrogen and oxygen atoms in total. The van der Waals surface area contributed by atoms with Crippen LogP contribution in [0.3, 0.4) is 0 Å². The summed E-state index contributed by atoms with van der Waals surface area (Å²) >= 11 is 0. The van der Waals surface area contributed by atoms with Gasteiger partial charge in [-0.05, 0) is 48.7 Å². The molecule has 0 aliphatic heterocycles. The van der Waals surface area contributed by atoms with Crippen molar-refractivity contribution < 1.29 is 0 Å². The highest BCUT2D eigenvalue weighted by Gasteiger charge is 2.23. The Morgan fingerprint density at radius 1 is 1.04 bits per heavy atom. The van der Waals surface area contributed by atoms with E-state index in [1.807, 2.05) is 18.2 Å². The molecule has 0 saturated heterocycles. The van der Waals surface area contributed by atoms with E-state index in [2.05, 4.69) is 52.2 Å². The van der Waals surface area contributed by atoms with Crippen LogP contribution in [-0.2, 0) is 5.54 Å². The van der Waals surface area contributed by atoms with E-state index >= 15 is 0 Å². The number of aromatic nitrogens is 4. The fourth-order valence-corrected chi connectivity index (χ4v) is 3.52. The largest absolute Gasteiger partial charge is 0.354 e. The molecule has 0 fully saturated rings. The standard InChI is InChI=1S/C22H23N5O/c1-3-22(23,4-2)16-6-5-15-11-20(25-18(15)12-16)17-13-19(26-27-21(17)28)14-7-9-24-10-8-14/h5-13,25H,3-4,23H2,1-2H3,(H,27,28). The van der Waals surface area contributed by atoms with Crippen LogP contribution in [0.5, 0.6) is 0 Å². The van der Waals surface area contributed by atoms with Crippen molar-refractivity contribution in [3.05, 3.63) is 70.8 Å². The van der Waals surface area contributed by atoms with Gasteiger partial charge in [-0.25, -0.2) is 5.10 Å². The average molecular weight is 373 g/mol. The van der Waals surface area contributed by atoms with Gasteiger partial charge in [-0.2, -0.15) is 5.10 Å². The highest BCUT2D eigenvalue weighted by molar-refractivity contribution is 5.86. The van der Waals surface area contributed by atoms with Gasteiger partial charge < -0.3 is 10.7 Å². The maximum absolute atomic E-state index is 12.4. The molecule has 0 bridgehead atoms. The number of rotatable bonds is 5. The molecule has 0 aliphatic carbocycles. The number of pyridine rings is 1. The van der Waals surface area contributed by atoms with Crippen LogP contribution in [-0.4, -0.2) is 20.2 Å². The minimum atomic E-state index is -0.345. The van der Waals surface area contributed by atoms with Crippen molar-refractivity contribution in [2.24, 2.45) is 5.73 Å². The van der Waals surface area contributed by atoms with Crippen LogP contribution < -0.4 is 11.3 Å². The zero-order valence-corrected chi connectivity index (χ0v) is 16.0. The molecule has 0 aliphatic rings. The molecule has 1 aromatic carbocycles. The Morgan fingerprint density at radius 2 is 1.79 bits per heavy atom. The van der Waals surface area contributed by atoms with Crippen molar-refractivity contribution in [1.82, 2.24) is 20.2 Å². The third-order valence-corrected chi connectivity index (χ3v) is 5.53. The van der Waals surface area contributed by atoms with Crippen molar-refractivity contribution in [2.75, 3.05) is 0 Å². The fourth-order valence-electron chi connectivity index (χ4n) is 3.52. The molecule has 142 valence electrons. The lowest BCUT2D eigenvalue weighted by Gasteiger charge is -2.27. The van der Waals surface area contributed by atoms with Gasteiger partial charge in [0.05, 0.1) is 17.0 Å². The number of hydrogen-bond acceptors (Lipinski definition) is 4. The second kappa shape index (κ2) is 7.05. The van der Waals surface area contributed by atoms with E-state index < -0.39 is 0 Å². The first-order valence-corrected chi connectivity index (χ1v) is 9.46. The fraction of sp³-hybridized carbons (Fsp3) is 0.227. The SMILES string of the molecule is CCC(N)(CC)c1ccc2cc(-c3cc(-c4ccncc4)n[nH]c3=O)[nH]c2c1. The number of hydrogen-bond donors (Lipinski definition) is 3. The van der Waals surface area contributed by atoms with E-state index in [1.165, 1.54) is 0 Å². The Balaban J connectivity index is 1.81. The predicted molar refractivity (Wildman–Crippen MR) is 112 cm³/mol. The van der Waals surface area contributed by atoms with Crippen LogP contribution in [0, 0.1) is 0 Å². The van der Waals surface area contributed by atoms with E-state index in [1.54, 1.807) is 18.5 Å². The van der Waals surface area contributed by atoms with Gasteiger partial charge in [0.25, 0.3) is 5.56 Å². The summed E-state index contributed by atoms with van der Waals surface area (Å²) in [6, 6.07) is 13.7. The molecule has 4 rings (SSSR count). The van der Waals surface area contributed by atoms with Crippen LogP contribution in [0.4, 0.5) is 0 Å². The van der Waals surface area contributed by atoms with Crippen LogP contribution in [0.25, 0.3) is 33.4 Å². The molecule has 0 radical (unpaired) electrons. The van der Waals surface area contributed by atoms with Crippen molar-refractivity contribution in [3.63, 3.8) is 0 Å². The third kappa shape index (κ3) is 3.12. The van der Waals surface area contributed by atoms with Crippen LogP contribution >= 0.6 is 0 Å². The molecule has 4 aromatic rings. The van der Waals surface area contributed by atoms with Gasteiger partial charge in [0.1, 0.15) is 0 Å². The first kappa shape index (κ1) is 18.1. The first-order chi connectivity index (χ1) is 13.5. The van der Waals surface area contributed by atoms with Gasteiger partial charge in [-0.1, -0.05) is 26.0 Å². The van der Waals surface area contributed by atoms with Crippen LogP contribution in [0.2, 0.25) is 0 Å². The summed E-state index contributed by atoms with van der Waals surface area (Å²) in [6.07, 6.45) is 5.13. The molecule has 4 N–H and O–H groups in total. The Labute approximate surface area is 162 Å². The van der Waals surface area contributed by atoms with Gasteiger partial charge in [0, 0.05) is 34.4 Å². The van der Waals surface area contributed by atoms with E-state index in [9.17, 15) is 4.79 Å². The molecule has 0 spiro atoms.